The van der Waals surface area contributed by atoms with E-state index >= 15 is 0 Å². The Morgan fingerprint density at radius 2 is 2.33 bits per heavy atom. The number of isocyanates is 1. The number of carbonyl (C=O) groups excluding carboxylic acids is 1. The third-order valence-corrected chi connectivity index (χ3v) is 0.223. The molecule has 2 nitrogen and oxygen atoms in total. The van der Waals surface area contributed by atoms with Gasteiger partial charge in [-0.1, -0.05) is 0 Å². The molecule has 36 valence electrons. The molecule has 0 aliphatic heterocycles. The van der Waals surface area contributed by atoms with Gasteiger partial charge in [-0.25, -0.2) is 9.79 Å². The van der Waals surface area contributed by atoms with E-state index in [1.807, 2.05) is 0 Å². The zero-order valence-electron chi connectivity index (χ0n) is 3.47. The summed E-state index contributed by atoms with van der Waals surface area (Å²) in [4.78, 5) is 12.3. The van der Waals surface area contributed by atoms with Crippen molar-refractivity contribution in [1.29, 1.82) is 0 Å². The number of aliphatic imine (C=N–C) groups is 1. The molecule has 3 heteroatoms. The highest BCUT2D eigenvalue weighted by atomic mass is 79.9. The van der Waals surface area contributed by atoms with Crippen LogP contribution < -0.4 is 0 Å². The maximum Gasteiger partial charge on any atom is 0.234 e. The fourth-order valence-corrected chi connectivity index (χ4v) is 0.0645. The summed E-state index contributed by atoms with van der Waals surface area (Å²) in [5, 5.41) is 0. The Hall–Kier alpha value is -0.140. The average molecular weight is 152 g/mol. The van der Waals surface area contributed by atoms with Crippen molar-refractivity contribution in [3.63, 3.8) is 0 Å². The second-order valence-corrected chi connectivity index (χ2v) is 0.566. The van der Waals surface area contributed by atoms with Gasteiger partial charge in [0.15, 0.2) is 0 Å². The molecule has 0 atom stereocenters. The van der Waals surface area contributed by atoms with Gasteiger partial charge in [0.25, 0.3) is 0 Å². The van der Waals surface area contributed by atoms with Crippen LogP contribution in [0.2, 0.25) is 0 Å². The number of nitrogens with zero attached hydrogens (tertiary/aromatic N) is 1. The maximum atomic E-state index is 9.11. The number of rotatable bonds is 1. The Morgan fingerprint density at radius 3 is 2.33 bits per heavy atom. The lowest BCUT2D eigenvalue weighted by Crippen LogP contribution is -1.58. The van der Waals surface area contributed by atoms with Gasteiger partial charge in [-0.15, -0.1) is 17.0 Å². The van der Waals surface area contributed by atoms with Gasteiger partial charge in [0.2, 0.25) is 6.08 Å². The minimum atomic E-state index is 0. The summed E-state index contributed by atoms with van der Waals surface area (Å²) in [6.45, 7) is 2.33. The van der Waals surface area contributed by atoms with Crippen LogP contribution in [0.4, 0.5) is 0 Å². The van der Waals surface area contributed by atoms with Gasteiger partial charge in [-0.3, -0.25) is 0 Å². The first kappa shape index (κ1) is 9.29. The SMILES string of the molecule is Br.CCN=C=O. The van der Waals surface area contributed by atoms with E-state index in [1.165, 1.54) is 6.08 Å². The smallest absolute Gasteiger partial charge is 0.211 e. The third kappa shape index (κ3) is 9.13. The van der Waals surface area contributed by atoms with Crippen molar-refractivity contribution in [1.82, 2.24) is 0 Å². The van der Waals surface area contributed by atoms with E-state index in [4.69, 9.17) is 4.79 Å². The standard InChI is InChI=1S/C3H5NO.BrH/c1-2-4-3-5;/h2H2,1H3;1H. The van der Waals surface area contributed by atoms with Crippen LogP contribution >= 0.6 is 17.0 Å². The first-order valence-corrected chi connectivity index (χ1v) is 1.45. The molecule has 6 heavy (non-hydrogen) atoms. The number of halogens is 1. The Labute approximate surface area is 47.0 Å². The lowest BCUT2D eigenvalue weighted by atomic mass is 10.8. The van der Waals surface area contributed by atoms with Gasteiger partial charge >= 0.3 is 0 Å². The van der Waals surface area contributed by atoms with Crippen LogP contribution in [0, 0.1) is 0 Å². The number of hydrogen-bond acceptors (Lipinski definition) is 2. The number of hydrogen-bond donors (Lipinski definition) is 0. The highest BCUT2D eigenvalue weighted by molar-refractivity contribution is 8.93. The largest absolute Gasteiger partial charge is 0.234 e. The highest BCUT2D eigenvalue weighted by Gasteiger charge is 1.52. The summed E-state index contributed by atoms with van der Waals surface area (Å²) in [6, 6.07) is 0. The third-order valence-electron chi connectivity index (χ3n) is 0.223. The van der Waals surface area contributed by atoms with E-state index in [2.05, 4.69) is 4.99 Å². The van der Waals surface area contributed by atoms with E-state index in [9.17, 15) is 0 Å². The molecule has 0 unspecified atom stereocenters. The van der Waals surface area contributed by atoms with Crippen LogP contribution in [-0.4, -0.2) is 12.6 Å². The molecule has 0 fully saturated rings. The second kappa shape index (κ2) is 8.85. The molecule has 0 heterocycles. The van der Waals surface area contributed by atoms with Crippen LogP contribution in [0.3, 0.4) is 0 Å². The Morgan fingerprint density at radius 1 is 1.83 bits per heavy atom. The molecule has 0 saturated carbocycles. The lowest BCUT2D eigenvalue weighted by molar-refractivity contribution is 0.563. The van der Waals surface area contributed by atoms with Crippen LogP contribution in [0.25, 0.3) is 0 Å². The van der Waals surface area contributed by atoms with Crippen molar-refractivity contribution in [2.45, 2.75) is 6.92 Å². The van der Waals surface area contributed by atoms with Gasteiger partial charge in [0.05, 0.1) is 0 Å². The molecular weight excluding hydrogens is 146 g/mol. The van der Waals surface area contributed by atoms with E-state index in [0.29, 0.717) is 6.54 Å². The minimum Gasteiger partial charge on any atom is -0.211 e. The maximum absolute atomic E-state index is 9.11. The molecule has 0 amide bonds. The van der Waals surface area contributed by atoms with Crippen molar-refractivity contribution < 1.29 is 4.79 Å². The average Bonchev–Trinajstić information content (AvgIpc) is 1.41. The minimum absolute atomic E-state index is 0. The van der Waals surface area contributed by atoms with Crippen molar-refractivity contribution in [3.05, 3.63) is 0 Å². The molecule has 0 aliphatic carbocycles. The molecule has 0 saturated heterocycles. The quantitative estimate of drug-likeness (QED) is 0.405. The molecule has 0 radical (unpaired) electrons. The van der Waals surface area contributed by atoms with E-state index in [0.717, 1.165) is 0 Å². The van der Waals surface area contributed by atoms with Gasteiger partial charge in [0, 0.05) is 6.54 Å². The Balaban J connectivity index is 0. The molecule has 0 spiro atoms. The zero-order valence-corrected chi connectivity index (χ0v) is 5.18. The van der Waals surface area contributed by atoms with Crippen molar-refractivity contribution in [2.24, 2.45) is 4.99 Å². The summed E-state index contributed by atoms with van der Waals surface area (Å²) in [7, 11) is 0. The highest BCUT2D eigenvalue weighted by Crippen LogP contribution is 1.52. The summed E-state index contributed by atoms with van der Waals surface area (Å²) < 4.78 is 0. The fraction of sp³-hybridized carbons (Fsp3) is 0.667. The Bertz CT molecular complexity index is 57.8. The van der Waals surface area contributed by atoms with Gasteiger partial charge < -0.3 is 0 Å². The molecule has 0 rings (SSSR count). The summed E-state index contributed by atoms with van der Waals surface area (Å²) in [5.41, 5.74) is 0. The van der Waals surface area contributed by atoms with Gasteiger partial charge in [0.1, 0.15) is 0 Å². The van der Waals surface area contributed by atoms with Gasteiger partial charge in [-0.05, 0) is 6.92 Å². The predicted molar refractivity (Wildman–Crippen MR) is 29.0 cm³/mol. The molecule has 0 aliphatic rings. The summed E-state index contributed by atoms with van der Waals surface area (Å²) in [6.07, 6.45) is 1.39. The molecule has 0 aromatic rings. The lowest BCUT2D eigenvalue weighted by Gasteiger charge is -1.58. The van der Waals surface area contributed by atoms with Crippen LogP contribution in [0.5, 0.6) is 0 Å². The molecule has 0 aromatic heterocycles. The van der Waals surface area contributed by atoms with E-state index in [-0.39, 0.29) is 17.0 Å². The van der Waals surface area contributed by atoms with E-state index < -0.39 is 0 Å². The molecule has 0 aromatic carbocycles. The molecule has 0 N–H and O–H groups in total. The molecular formula is C3H6BrNO. The molecule has 0 bridgehead atoms. The Kier molecular flexibility index (Phi) is 13.7. The van der Waals surface area contributed by atoms with Crippen molar-refractivity contribution in [3.8, 4) is 0 Å². The van der Waals surface area contributed by atoms with Crippen LogP contribution in [0.15, 0.2) is 4.99 Å². The summed E-state index contributed by atoms with van der Waals surface area (Å²) >= 11 is 0. The normalized spacial score (nSPS) is 4.83. The van der Waals surface area contributed by atoms with Crippen LogP contribution in [0.1, 0.15) is 6.92 Å². The first-order chi connectivity index (χ1) is 2.41. The fourth-order valence-electron chi connectivity index (χ4n) is 0.0645. The topological polar surface area (TPSA) is 29.4 Å². The second-order valence-electron chi connectivity index (χ2n) is 0.566. The van der Waals surface area contributed by atoms with Crippen LogP contribution in [-0.2, 0) is 4.79 Å². The zero-order chi connectivity index (χ0) is 4.12. The van der Waals surface area contributed by atoms with E-state index in [1.54, 1.807) is 6.92 Å². The summed E-state index contributed by atoms with van der Waals surface area (Å²) in [5.74, 6) is 0. The monoisotopic (exact) mass is 151 g/mol. The van der Waals surface area contributed by atoms with Crippen molar-refractivity contribution >= 4 is 23.1 Å². The predicted octanol–water partition coefficient (Wildman–Crippen LogP) is 0.920. The van der Waals surface area contributed by atoms with Gasteiger partial charge in [-0.2, -0.15) is 0 Å². The van der Waals surface area contributed by atoms with Crippen molar-refractivity contribution in [2.75, 3.05) is 6.54 Å². The first-order valence-electron chi connectivity index (χ1n) is 1.45.